The maximum absolute atomic E-state index is 13.6. The molecule has 0 saturated carbocycles. The molecule has 0 fully saturated rings. The summed E-state index contributed by atoms with van der Waals surface area (Å²) >= 11 is 12.0. The van der Waals surface area contributed by atoms with Crippen LogP contribution >= 0.6 is 23.2 Å². The van der Waals surface area contributed by atoms with E-state index in [1.807, 2.05) is 30.3 Å². The molecule has 0 radical (unpaired) electrons. The number of aryl methyl sites for hydroxylation is 1. The number of anilines is 1. The molecule has 6 nitrogen and oxygen atoms in total. The summed E-state index contributed by atoms with van der Waals surface area (Å²) in [4.78, 5) is 12.8. The number of sulfonamides is 1. The van der Waals surface area contributed by atoms with Crippen molar-refractivity contribution in [1.29, 1.82) is 0 Å². The van der Waals surface area contributed by atoms with Gasteiger partial charge in [-0.05, 0) is 54.8 Å². The minimum absolute atomic E-state index is 0.0108. The molecule has 1 amide bonds. The minimum Gasteiger partial charge on any atom is -0.495 e. The van der Waals surface area contributed by atoms with Crippen molar-refractivity contribution in [3.8, 4) is 5.75 Å². The number of amides is 1. The standard InChI is InChI=1S/C24H24Cl2N2O4S/c1-17-8-9-22(32-2)23(12-17)33(30,31)28(11-10-18-6-4-3-5-7-18)16-24(29)27-21-14-19(25)13-20(26)15-21/h3-9,12-15H,10-11,16H2,1-2H3,(H,27,29). The lowest BCUT2D eigenvalue weighted by molar-refractivity contribution is -0.116. The average molecular weight is 507 g/mol. The molecule has 0 aliphatic rings. The van der Waals surface area contributed by atoms with Crippen molar-refractivity contribution in [2.75, 3.05) is 25.5 Å². The first-order valence-corrected chi connectivity index (χ1v) is 12.3. The van der Waals surface area contributed by atoms with Crippen LogP contribution < -0.4 is 10.1 Å². The molecule has 0 saturated heterocycles. The number of benzene rings is 3. The molecule has 0 bridgehead atoms. The quantitative estimate of drug-likeness (QED) is 0.433. The molecule has 174 valence electrons. The summed E-state index contributed by atoms with van der Waals surface area (Å²) in [5.74, 6) is -0.302. The molecule has 0 atom stereocenters. The Balaban J connectivity index is 1.90. The predicted molar refractivity (Wildman–Crippen MR) is 132 cm³/mol. The summed E-state index contributed by atoms with van der Waals surface area (Å²) < 4.78 is 33.7. The lowest BCUT2D eigenvalue weighted by Crippen LogP contribution is -2.39. The van der Waals surface area contributed by atoms with Crippen LogP contribution in [0.15, 0.2) is 71.6 Å². The van der Waals surface area contributed by atoms with E-state index in [2.05, 4.69) is 5.32 Å². The highest BCUT2D eigenvalue weighted by molar-refractivity contribution is 7.89. The zero-order valence-electron chi connectivity index (χ0n) is 18.2. The molecular formula is C24H24Cl2N2O4S. The Morgan fingerprint density at radius 1 is 1.00 bits per heavy atom. The van der Waals surface area contributed by atoms with Crippen LogP contribution in [0.3, 0.4) is 0 Å². The van der Waals surface area contributed by atoms with E-state index in [0.29, 0.717) is 22.2 Å². The van der Waals surface area contributed by atoms with Crippen molar-refractivity contribution in [1.82, 2.24) is 4.31 Å². The number of methoxy groups -OCH3 is 1. The molecule has 0 aromatic heterocycles. The van der Waals surface area contributed by atoms with Crippen LogP contribution in [0, 0.1) is 6.92 Å². The predicted octanol–water partition coefficient (Wildman–Crippen LogP) is 5.18. The Kier molecular flexibility index (Phi) is 8.37. The van der Waals surface area contributed by atoms with Gasteiger partial charge in [-0.2, -0.15) is 4.31 Å². The van der Waals surface area contributed by atoms with Crippen LogP contribution in [0.5, 0.6) is 5.75 Å². The average Bonchev–Trinajstić information content (AvgIpc) is 2.76. The van der Waals surface area contributed by atoms with Gasteiger partial charge in [-0.3, -0.25) is 4.79 Å². The Labute approximate surface area is 204 Å². The highest BCUT2D eigenvalue weighted by atomic mass is 35.5. The highest BCUT2D eigenvalue weighted by Crippen LogP contribution is 2.28. The largest absolute Gasteiger partial charge is 0.495 e. The van der Waals surface area contributed by atoms with Crippen molar-refractivity contribution in [2.45, 2.75) is 18.2 Å². The van der Waals surface area contributed by atoms with E-state index in [1.54, 1.807) is 31.2 Å². The molecule has 3 rings (SSSR count). The highest BCUT2D eigenvalue weighted by Gasteiger charge is 2.29. The first-order chi connectivity index (χ1) is 15.7. The molecule has 33 heavy (non-hydrogen) atoms. The number of hydrogen-bond acceptors (Lipinski definition) is 4. The Morgan fingerprint density at radius 3 is 2.30 bits per heavy atom. The van der Waals surface area contributed by atoms with Crippen LogP contribution in [0.2, 0.25) is 10.0 Å². The second kappa shape index (κ2) is 11.0. The van der Waals surface area contributed by atoms with E-state index in [1.165, 1.54) is 19.2 Å². The molecule has 0 aliphatic heterocycles. The van der Waals surface area contributed by atoms with Crippen LogP contribution in [-0.2, 0) is 21.2 Å². The summed E-state index contributed by atoms with van der Waals surface area (Å²) in [5.41, 5.74) is 2.09. The van der Waals surface area contributed by atoms with Gasteiger partial charge in [0.1, 0.15) is 10.6 Å². The Bertz CT molecular complexity index is 1210. The zero-order chi connectivity index (χ0) is 24.0. The van der Waals surface area contributed by atoms with Gasteiger partial charge in [-0.1, -0.05) is 59.6 Å². The van der Waals surface area contributed by atoms with E-state index in [9.17, 15) is 13.2 Å². The molecular weight excluding hydrogens is 483 g/mol. The third kappa shape index (κ3) is 6.71. The van der Waals surface area contributed by atoms with Crippen molar-refractivity contribution in [3.63, 3.8) is 0 Å². The molecule has 0 heterocycles. The van der Waals surface area contributed by atoms with Crippen molar-refractivity contribution in [3.05, 3.63) is 87.9 Å². The van der Waals surface area contributed by atoms with Gasteiger partial charge in [-0.15, -0.1) is 0 Å². The van der Waals surface area contributed by atoms with Crippen molar-refractivity contribution in [2.24, 2.45) is 0 Å². The number of carbonyl (C=O) groups excluding carboxylic acids is 1. The van der Waals surface area contributed by atoms with E-state index in [0.717, 1.165) is 15.4 Å². The summed E-state index contributed by atoms with van der Waals surface area (Å²) in [6.45, 7) is 1.51. The smallest absolute Gasteiger partial charge is 0.247 e. The van der Waals surface area contributed by atoms with Gasteiger partial charge in [-0.25, -0.2) is 8.42 Å². The first-order valence-electron chi connectivity index (χ1n) is 10.1. The number of nitrogens with one attached hydrogen (secondary N) is 1. The second-order valence-electron chi connectivity index (χ2n) is 7.43. The lowest BCUT2D eigenvalue weighted by atomic mass is 10.1. The molecule has 0 aliphatic carbocycles. The normalized spacial score (nSPS) is 11.4. The number of carbonyl (C=O) groups is 1. The topological polar surface area (TPSA) is 75.7 Å². The van der Waals surface area contributed by atoms with Gasteiger partial charge >= 0.3 is 0 Å². The Hall–Kier alpha value is -2.58. The number of halogens is 2. The monoisotopic (exact) mass is 506 g/mol. The van der Waals surface area contributed by atoms with Crippen LogP contribution in [0.4, 0.5) is 5.69 Å². The van der Waals surface area contributed by atoms with E-state index in [-0.39, 0.29) is 17.2 Å². The van der Waals surface area contributed by atoms with Gasteiger partial charge in [0.15, 0.2) is 0 Å². The Morgan fingerprint density at radius 2 is 1.67 bits per heavy atom. The third-order valence-corrected chi connectivity index (χ3v) is 7.20. The summed E-state index contributed by atoms with van der Waals surface area (Å²) in [6, 6.07) is 19.0. The number of hydrogen-bond donors (Lipinski definition) is 1. The van der Waals surface area contributed by atoms with Gasteiger partial charge in [0.2, 0.25) is 15.9 Å². The van der Waals surface area contributed by atoms with Crippen LogP contribution in [0.25, 0.3) is 0 Å². The molecule has 1 N–H and O–H groups in total. The number of ether oxygens (including phenoxy) is 1. The van der Waals surface area contributed by atoms with Gasteiger partial charge in [0.25, 0.3) is 0 Å². The molecule has 0 spiro atoms. The SMILES string of the molecule is COc1ccc(C)cc1S(=O)(=O)N(CCc1ccccc1)CC(=O)Nc1cc(Cl)cc(Cl)c1. The van der Waals surface area contributed by atoms with Crippen LogP contribution in [-0.4, -0.2) is 38.8 Å². The molecule has 9 heteroatoms. The van der Waals surface area contributed by atoms with Gasteiger partial charge in [0.05, 0.1) is 13.7 Å². The summed E-state index contributed by atoms with van der Waals surface area (Å²) in [6.07, 6.45) is 0.435. The molecule has 0 unspecified atom stereocenters. The zero-order valence-corrected chi connectivity index (χ0v) is 20.5. The first kappa shape index (κ1) is 25.1. The molecule has 3 aromatic carbocycles. The van der Waals surface area contributed by atoms with E-state index in [4.69, 9.17) is 27.9 Å². The second-order valence-corrected chi connectivity index (χ2v) is 10.2. The molecule has 3 aromatic rings. The van der Waals surface area contributed by atoms with E-state index < -0.39 is 22.5 Å². The van der Waals surface area contributed by atoms with Crippen LogP contribution in [0.1, 0.15) is 11.1 Å². The number of rotatable bonds is 9. The fraction of sp³-hybridized carbons (Fsp3) is 0.208. The van der Waals surface area contributed by atoms with Crippen molar-refractivity contribution < 1.29 is 17.9 Å². The van der Waals surface area contributed by atoms with Gasteiger partial charge in [0, 0.05) is 22.3 Å². The van der Waals surface area contributed by atoms with E-state index >= 15 is 0 Å². The van der Waals surface area contributed by atoms with Gasteiger partial charge < -0.3 is 10.1 Å². The minimum atomic E-state index is -4.04. The lowest BCUT2D eigenvalue weighted by Gasteiger charge is -2.23. The number of nitrogens with zero attached hydrogens (tertiary/aromatic N) is 1. The third-order valence-electron chi connectivity index (χ3n) is 4.90. The summed E-state index contributed by atoms with van der Waals surface area (Å²) in [5, 5.41) is 3.39. The fourth-order valence-corrected chi connectivity index (χ4v) is 5.46. The fourth-order valence-electron chi connectivity index (χ4n) is 3.29. The summed E-state index contributed by atoms with van der Waals surface area (Å²) in [7, 11) is -2.63. The maximum Gasteiger partial charge on any atom is 0.247 e. The van der Waals surface area contributed by atoms with Crippen molar-refractivity contribution >= 4 is 44.8 Å². The maximum atomic E-state index is 13.6.